The van der Waals surface area contributed by atoms with Crippen molar-refractivity contribution >= 4 is 32.6 Å². The summed E-state index contributed by atoms with van der Waals surface area (Å²) in [7, 11) is -3.34. The number of anilines is 1. The maximum Gasteiger partial charge on any atom is 0.255 e. The standard InChI is InChI=1S/C22H20N4O3S/c1-14(2)30(28,29)17-10-8-15(9-11-17)18-12-23-21-20(25-18)19(13-24-21)26-22(27)16-6-4-3-5-7-16/h3-14H,1-2H3,(H,23,24)(H,26,27). The molecule has 0 unspecified atom stereocenters. The van der Waals surface area contributed by atoms with E-state index in [1.54, 1.807) is 74.8 Å². The number of rotatable bonds is 5. The van der Waals surface area contributed by atoms with Crippen LogP contribution in [-0.2, 0) is 9.84 Å². The molecule has 0 saturated carbocycles. The lowest BCUT2D eigenvalue weighted by Crippen LogP contribution is -2.13. The van der Waals surface area contributed by atoms with Crippen molar-refractivity contribution in [3.05, 3.63) is 72.6 Å². The third-order valence-corrected chi connectivity index (χ3v) is 6.93. The zero-order valence-electron chi connectivity index (χ0n) is 16.5. The molecule has 8 heteroatoms. The highest BCUT2D eigenvalue weighted by atomic mass is 32.2. The number of nitrogens with one attached hydrogen (secondary N) is 2. The van der Waals surface area contributed by atoms with Crippen molar-refractivity contribution in [2.45, 2.75) is 24.0 Å². The van der Waals surface area contributed by atoms with Crippen molar-refractivity contribution < 1.29 is 13.2 Å². The van der Waals surface area contributed by atoms with Crippen molar-refractivity contribution in [3.8, 4) is 11.3 Å². The fourth-order valence-corrected chi connectivity index (χ4v) is 4.06. The molecule has 0 radical (unpaired) electrons. The van der Waals surface area contributed by atoms with Crippen molar-refractivity contribution in [2.75, 3.05) is 5.32 Å². The molecule has 0 saturated heterocycles. The minimum atomic E-state index is -3.34. The molecule has 7 nitrogen and oxygen atoms in total. The van der Waals surface area contributed by atoms with E-state index in [0.717, 1.165) is 5.56 Å². The molecular formula is C22H20N4O3S. The molecule has 0 atom stereocenters. The second kappa shape index (κ2) is 7.72. The van der Waals surface area contributed by atoms with E-state index in [2.05, 4.69) is 20.3 Å². The first kappa shape index (κ1) is 19.8. The van der Waals surface area contributed by atoms with E-state index < -0.39 is 15.1 Å². The van der Waals surface area contributed by atoms with Crippen LogP contribution in [0.4, 0.5) is 5.69 Å². The first-order chi connectivity index (χ1) is 14.4. The van der Waals surface area contributed by atoms with E-state index in [0.29, 0.717) is 28.1 Å². The number of carbonyl (C=O) groups is 1. The predicted molar refractivity (Wildman–Crippen MR) is 116 cm³/mol. The topological polar surface area (TPSA) is 105 Å². The van der Waals surface area contributed by atoms with Gasteiger partial charge in [-0.3, -0.25) is 4.79 Å². The Morgan fingerprint density at radius 1 is 1.03 bits per heavy atom. The van der Waals surface area contributed by atoms with Crippen LogP contribution in [0.3, 0.4) is 0 Å². The maximum atomic E-state index is 12.5. The Bertz CT molecular complexity index is 1310. The lowest BCUT2D eigenvalue weighted by Gasteiger charge is -2.08. The normalized spacial score (nSPS) is 11.7. The van der Waals surface area contributed by atoms with E-state index >= 15 is 0 Å². The van der Waals surface area contributed by atoms with Crippen LogP contribution >= 0.6 is 0 Å². The average Bonchev–Trinajstić information content (AvgIpc) is 3.16. The van der Waals surface area contributed by atoms with Crippen molar-refractivity contribution in [1.82, 2.24) is 15.0 Å². The van der Waals surface area contributed by atoms with Gasteiger partial charge in [0.2, 0.25) is 0 Å². The fourth-order valence-electron chi connectivity index (χ4n) is 3.00. The summed E-state index contributed by atoms with van der Waals surface area (Å²) < 4.78 is 24.6. The highest BCUT2D eigenvalue weighted by Crippen LogP contribution is 2.26. The number of nitrogens with zero attached hydrogens (tertiary/aromatic N) is 2. The van der Waals surface area contributed by atoms with Gasteiger partial charge in [0.1, 0.15) is 5.52 Å². The fraction of sp³-hybridized carbons (Fsp3) is 0.136. The molecular weight excluding hydrogens is 400 g/mol. The molecule has 4 rings (SSSR count). The summed E-state index contributed by atoms with van der Waals surface area (Å²) in [6.45, 7) is 3.31. The number of H-pyrrole nitrogens is 1. The lowest BCUT2D eigenvalue weighted by molar-refractivity contribution is 0.102. The molecule has 0 aliphatic heterocycles. The van der Waals surface area contributed by atoms with Crippen LogP contribution in [0.2, 0.25) is 0 Å². The number of amides is 1. The molecule has 4 aromatic rings. The van der Waals surface area contributed by atoms with Gasteiger partial charge in [0, 0.05) is 17.3 Å². The number of hydrogen-bond donors (Lipinski definition) is 2. The quantitative estimate of drug-likeness (QED) is 0.507. The summed E-state index contributed by atoms with van der Waals surface area (Å²) in [5.74, 6) is -0.244. The number of hydrogen-bond acceptors (Lipinski definition) is 5. The largest absolute Gasteiger partial charge is 0.343 e. The Labute approximate surface area is 174 Å². The average molecular weight is 420 g/mol. The minimum absolute atomic E-state index is 0.244. The lowest BCUT2D eigenvalue weighted by atomic mass is 10.1. The van der Waals surface area contributed by atoms with Crippen molar-refractivity contribution in [3.63, 3.8) is 0 Å². The molecule has 0 bridgehead atoms. The summed E-state index contributed by atoms with van der Waals surface area (Å²) in [5.41, 5.74) is 3.43. The van der Waals surface area contributed by atoms with Gasteiger partial charge in [0.15, 0.2) is 15.5 Å². The smallest absolute Gasteiger partial charge is 0.255 e. The number of carbonyl (C=O) groups excluding carboxylic acids is 1. The Hall–Kier alpha value is -3.52. The van der Waals surface area contributed by atoms with E-state index in [-0.39, 0.29) is 10.8 Å². The van der Waals surface area contributed by atoms with Gasteiger partial charge in [-0.2, -0.15) is 0 Å². The van der Waals surface area contributed by atoms with Gasteiger partial charge in [-0.25, -0.2) is 18.4 Å². The van der Waals surface area contributed by atoms with E-state index in [1.807, 2.05) is 6.07 Å². The van der Waals surface area contributed by atoms with Gasteiger partial charge in [-0.05, 0) is 38.1 Å². The highest BCUT2D eigenvalue weighted by molar-refractivity contribution is 7.92. The Morgan fingerprint density at radius 2 is 1.73 bits per heavy atom. The molecule has 2 aromatic carbocycles. The van der Waals surface area contributed by atoms with Crippen LogP contribution in [0.5, 0.6) is 0 Å². The molecule has 0 spiro atoms. The van der Waals surface area contributed by atoms with Crippen LogP contribution in [0, 0.1) is 0 Å². The van der Waals surface area contributed by atoms with Crippen LogP contribution in [-0.4, -0.2) is 34.5 Å². The third kappa shape index (κ3) is 3.69. The van der Waals surface area contributed by atoms with E-state index in [1.165, 1.54) is 0 Å². The monoisotopic (exact) mass is 420 g/mol. The van der Waals surface area contributed by atoms with Gasteiger partial charge in [-0.1, -0.05) is 30.3 Å². The van der Waals surface area contributed by atoms with Gasteiger partial charge < -0.3 is 10.3 Å². The number of sulfone groups is 1. The predicted octanol–water partition coefficient (Wildman–Crippen LogP) is 4.06. The highest BCUT2D eigenvalue weighted by Gasteiger charge is 2.19. The molecule has 2 aromatic heterocycles. The van der Waals surface area contributed by atoms with Crippen molar-refractivity contribution in [1.29, 1.82) is 0 Å². The van der Waals surface area contributed by atoms with Crippen LogP contribution < -0.4 is 5.32 Å². The van der Waals surface area contributed by atoms with Gasteiger partial charge in [-0.15, -0.1) is 0 Å². The summed E-state index contributed by atoms with van der Waals surface area (Å²) in [6, 6.07) is 15.5. The minimum Gasteiger partial charge on any atom is -0.343 e. The van der Waals surface area contributed by atoms with Gasteiger partial charge >= 0.3 is 0 Å². The zero-order chi connectivity index (χ0) is 21.3. The number of aromatic amines is 1. The SMILES string of the molecule is CC(C)S(=O)(=O)c1ccc(-c2cnc3[nH]cc(NC(=O)c4ccccc4)c3n2)cc1. The summed E-state index contributed by atoms with van der Waals surface area (Å²) >= 11 is 0. The molecule has 2 heterocycles. The van der Waals surface area contributed by atoms with Crippen molar-refractivity contribution in [2.24, 2.45) is 0 Å². The van der Waals surface area contributed by atoms with Crippen LogP contribution in [0.1, 0.15) is 24.2 Å². The molecule has 0 fully saturated rings. The van der Waals surface area contributed by atoms with Gasteiger partial charge in [0.25, 0.3) is 5.91 Å². The molecule has 0 aliphatic carbocycles. The Balaban J connectivity index is 1.65. The molecule has 30 heavy (non-hydrogen) atoms. The Morgan fingerprint density at radius 3 is 2.40 bits per heavy atom. The first-order valence-electron chi connectivity index (χ1n) is 9.41. The second-order valence-electron chi connectivity index (χ2n) is 7.09. The molecule has 152 valence electrons. The van der Waals surface area contributed by atoms with E-state index in [4.69, 9.17) is 0 Å². The summed E-state index contributed by atoms with van der Waals surface area (Å²) in [6.07, 6.45) is 3.25. The van der Waals surface area contributed by atoms with E-state index in [9.17, 15) is 13.2 Å². The number of benzene rings is 2. The van der Waals surface area contributed by atoms with Crippen LogP contribution in [0.15, 0.2) is 71.9 Å². The molecule has 0 aliphatic rings. The summed E-state index contributed by atoms with van der Waals surface area (Å²) in [4.78, 5) is 24.7. The summed E-state index contributed by atoms with van der Waals surface area (Å²) in [5, 5.41) is 2.36. The van der Waals surface area contributed by atoms with Gasteiger partial charge in [0.05, 0.1) is 27.7 Å². The maximum absolute atomic E-state index is 12.5. The Kier molecular flexibility index (Phi) is 5.09. The second-order valence-corrected chi connectivity index (χ2v) is 9.60. The third-order valence-electron chi connectivity index (χ3n) is 4.76. The zero-order valence-corrected chi connectivity index (χ0v) is 17.3. The molecule has 2 N–H and O–H groups in total. The molecule has 1 amide bonds. The number of fused-ring (bicyclic) bond motifs is 1. The van der Waals surface area contributed by atoms with Crippen LogP contribution in [0.25, 0.3) is 22.4 Å². The number of aromatic nitrogens is 3. The first-order valence-corrected chi connectivity index (χ1v) is 11.0.